The van der Waals surface area contributed by atoms with Gasteiger partial charge in [0.15, 0.2) is 0 Å². The number of aromatic nitrogens is 1. The van der Waals surface area contributed by atoms with Crippen molar-refractivity contribution in [2.24, 2.45) is 0 Å². The van der Waals surface area contributed by atoms with Gasteiger partial charge in [0.05, 0.1) is 10.2 Å². The number of carbonyl (C=O) groups is 1. The molecule has 0 fully saturated rings. The minimum absolute atomic E-state index is 0.0642. The number of hydrogen-bond donors (Lipinski definition) is 1. The molecule has 1 amide bonds. The maximum Gasteiger partial charge on any atom is 0.225 e. The van der Waals surface area contributed by atoms with Crippen LogP contribution in [0.3, 0.4) is 0 Å². The van der Waals surface area contributed by atoms with Crippen LogP contribution in [0.5, 0.6) is 0 Å². The molecule has 0 radical (unpaired) electrons. The molecule has 4 rings (SSSR count). The summed E-state index contributed by atoms with van der Waals surface area (Å²) in [5.74, 6) is 1.00. The first-order chi connectivity index (χ1) is 13.7. The van der Waals surface area contributed by atoms with Crippen molar-refractivity contribution in [1.29, 1.82) is 0 Å². The molecule has 2 aromatic carbocycles. The molecule has 0 bridgehead atoms. The van der Waals surface area contributed by atoms with Gasteiger partial charge in [0.1, 0.15) is 10.0 Å². The lowest BCUT2D eigenvalue weighted by atomic mass is 10.2. The number of carbonyl (C=O) groups excluding carboxylic acids is 1. The van der Waals surface area contributed by atoms with Crippen LogP contribution in [0.1, 0.15) is 18.4 Å². The molecule has 1 N–H and O–H groups in total. The van der Waals surface area contributed by atoms with Crippen molar-refractivity contribution in [2.75, 3.05) is 11.1 Å². The normalized spacial score (nSPS) is 11.0. The van der Waals surface area contributed by atoms with Crippen molar-refractivity contribution >= 4 is 55.6 Å². The number of benzene rings is 2. The Hall–Kier alpha value is -2.15. The zero-order valence-electron chi connectivity index (χ0n) is 15.5. The summed E-state index contributed by atoms with van der Waals surface area (Å²) in [7, 11) is 0. The van der Waals surface area contributed by atoms with Gasteiger partial charge in [-0.2, -0.15) is 0 Å². The largest absolute Gasteiger partial charge is 0.317 e. The number of nitrogens with one attached hydrogen (secondary N) is 1. The van der Waals surface area contributed by atoms with E-state index in [1.165, 1.54) is 10.5 Å². The highest BCUT2D eigenvalue weighted by Gasteiger charge is 2.14. The van der Waals surface area contributed by atoms with Gasteiger partial charge in [0, 0.05) is 16.9 Å². The molecule has 0 atom stereocenters. The lowest BCUT2D eigenvalue weighted by molar-refractivity contribution is -0.116. The molecule has 0 spiro atoms. The summed E-state index contributed by atoms with van der Waals surface area (Å²) in [6.07, 6.45) is 1.38. The summed E-state index contributed by atoms with van der Waals surface area (Å²) in [4.78, 5) is 18.4. The number of thiophene rings is 1. The van der Waals surface area contributed by atoms with Crippen LogP contribution in [0.4, 0.5) is 5.00 Å². The third-order valence-electron chi connectivity index (χ3n) is 4.28. The van der Waals surface area contributed by atoms with Crippen LogP contribution in [-0.2, 0) is 4.79 Å². The zero-order valence-corrected chi connectivity index (χ0v) is 17.9. The third-order valence-corrected chi connectivity index (χ3v) is 7.28. The molecule has 2 aromatic heterocycles. The Morgan fingerprint density at radius 3 is 2.75 bits per heavy atom. The van der Waals surface area contributed by atoms with E-state index in [0.717, 1.165) is 38.0 Å². The first-order valence-electron chi connectivity index (χ1n) is 9.12. The highest BCUT2D eigenvalue weighted by atomic mass is 32.2. The number of amides is 1. The van der Waals surface area contributed by atoms with Gasteiger partial charge >= 0.3 is 0 Å². The number of thiazole rings is 1. The van der Waals surface area contributed by atoms with Crippen LogP contribution in [0.15, 0.2) is 64.9 Å². The number of hydrogen-bond acceptors (Lipinski definition) is 5. The standard InChI is InChI=1S/C22H20N2OS3/c1-15-8-10-16(11-9-15)26-13-4-7-20(25)24-21-17(12-14-27-21)22-23-18-5-2-3-6-19(18)28-22/h2-3,5-6,8-12,14H,4,7,13H2,1H3,(H,24,25). The molecule has 0 aliphatic heterocycles. The van der Waals surface area contributed by atoms with E-state index in [9.17, 15) is 4.79 Å². The molecule has 0 saturated heterocycles. The van der Waals surface area contributed by atoms with Crippen LogP contribution < -0.4 is 5.32 Å². The Kier molecular flexibility index (Phi) is 6.10. The smallest absolute Gasteiger partial charge is 0.225 e. The van der Waals surface area contributed by atoms with Gasteiger partial charge in [-0.15, -0.1) is 34.4 Å². The van der Waals surface area contributed by atoms with Gasteiger partial charge in [-0.05, 0) is 54.8 Å². The average molecular weight is 425 g/mol. The van der Waals surface area contributed by atoms with Gasteiger partial charge in [-0.3, -0.25) is 4.79 Å². The summed E-state index contributed by atoms with van der Waals surface area (Å²) in [6.45, 7) is 2.09. The first-order valence-corrected chi connectivity index (χ1v) is 11.8. The van der Waals surface area contributed by atoms with Crippen molar-refractivity contribution in [3.05, 3.63) is 65.5 Å². The molecular formula is C22H20N2OS3. The summed E-state index contributed by atoms with van der Waals surface area (Å²) in [5, 5.41) is 6.92. The first kappa shape index (κ1) is 19.2. The molecular weight excluding hydrogens is 404 g/mol. The van der Waals surface area contributed by atoms with Crippen molar-refractivity contribution < 1.29 is 4.79 Å². The molecule has 142 valence electrons. The minimum Gasteiger partial charge on any atom is -0.317 e. The topological polar surface area (TPSA) is 42.0 Å². The minimum atomic E-state index is 0.0642. The van der Waals surface area contributed by atoms with E-state index in [0.29, 0.717) is 6.42 Å². The van der Waals surface area contributed by atoms with E-state index in [-0.39, 0.29) is 5.91 Å². The van der Waals surface area contributed by atoms with Crippen LogP contribution in [0.2, 0.25) is 0 Å². The van der Waals surface area contributed by atoms with Gasteiger partial charge in [0.2, 0.25) is 5.91 Å². The summed E-state index contributed by atoms with van der Waals surface area (Å²) in [5.41, 5.74) is 3.27. The second kappa shape index (κ2) is 8.90. The predicted octanol–water partition coefficient (Wildman–Crippen LogP) is 6.84. The fourth-order valence-corrected chi connectivity index (χ4v) is 5.53. The molecule has 0 unspecified atom stereocenters. The second-order valence-corrected chi connectivity index (χ2v) is 9.58. The molecule has 3 nitrogen and oxygen atoms in total. The highest BCUT2D eigenvalue weighted by molar-refractivity contribution is 7.99. The summed E-state index contributed by atoms with van der Waals surface area (Å²) in [6, 6.07) is 18.7. The van der Waals surface area contributed by atoms with Gasteiger partial charge in [-0.25, -0.2) is 4.98 Å². The number of fused-ring (bicyclic) bond motifs is 1. The van der Waals surface area contributed by atoms with Crippen molar-refractivity contribution in [1.82, 2.24) is 4.98 Å². The molecule has 4 aromatic rings. The maximum atomic E-state index is 12.4. The maximum absolute atomic E-state index is 12.4. The van der Waals surface area contributed by atoms with Gasteiger partial charge in [-0.1, -0.05) is 29.8 Å². The predicted molar refractivity (Wildman–Crippen MR) is 123 cm³/mol. The van der Waals surface area contributed by atoms with Crippen molar-refractivity contribution in [2.45, 2.75) is 24.7 Å². The van der Waals surface area contributed by atoms with Gasteiger partial charge in [0.25, 0.3) is 0 Å². The Bertz CT molecular complexity index is 1050. The van der Waals surface area contributed by atoms with Crippen LogP contribution in [0, 0.1) is 6.92 Å². The fourth-order valence-electron chi connectivity index (χ4n) is 2.81. The van der Waals surface area contributed by atoms with Gasteiger partial charge < -0.3 is 5.32 Å². The highest BCUT2D eigenvalue weighted by Crippen LogP contribution is 2.37. The lowest BCUT2D eigenvalue weighted by Crippen LogP contribution is -2.11. The molecule has 2 heterocycles. The van der Waals surface area contributed by atoms with E-state index < -0.39 is 0 Å². The summed E-state index contributed by atoms with van der Waals surface area (Å²) >= 11 is 5.00. The number of aryl methyl sites for hydroxylation is 1. The van der Waals surface area contributed by atoms with Crippen LogP contribution >= 0.6 is 34.4 Å². The Morgan fingerprint density at radius 2 is 1.93 bits per heavy atom. The van der Waals surface area contributed by atoms with E-state index in [2.05, 4.69) is 42.6 Å². The third kappa shape index (κ3) is 4.63. The van der Waals surface area contributed by atoms with Crippen LogP contribution in [-0.4, -0.2) is 16.6 Å². The quantitative estimate of drug-likeness (QED) is 0.261. The Balaban J connectivity index is 1.32. The van der Waals surface area contributed by atoms with Crippen LogP contribution in [0.25, 0.3) is 20.8 Å². The van der Waals surface area contributed by atoms with E-state index in [1.54, 1.807) is 34.4 Å². The zero-order chi connectivity index (χ0) is 19.3. The Labute approximate surface area is 176 Å². The Morgan fingerprint density at radius 1 is 1.11 bits per heavy atom. The molecule has 0 aliphatic carbocycles. The van der Waals surface area contributed by atoms with Crippen molar-refractivity contribution in [3.8, 4) is 10.6 Å². The number of para-hydroxylation sites is 1. The molecule has 28 heavy (non-hydrogen) atoms. The summed E-state index contributed by atoms with van der Waals surface area (Å²) < 4.78 is 1.16. The molecule has 6 heteroatoms. The van der Waals surface area contributed by atoms with E-state index >= 15 is 0 Å². The fraction of sp³-hybridized carbons (Fsp3) is 0.182. The van der Waals surface area contributed by atoms with E-state index in [1.807, 2.05) is 29.6 Å². The monoisotopic (exact) mass is 424 g/mol. The average Bonchev–Trinajstić information content (AvgIpc) is 3.33. The molecule has 0 saturated carbocycles. The lowest BCUT2D eigenvalue weighted by Gasteiger charge is -2.05. The molecule has 0 aliphatic rings. The van der Waals surface area contributed by atoms with E-state index in [4.69, 9.17) is 4.98 Å². The number of anilines is 1. The second-order valence-electron chi connectivity index (χ2n) is 6.46. The number of rotatable bonds is 7. The number of thioether (sulfide) groups is 1. The SMILES string of the molecule is Cc1ccc(SCCCC(=O)Nc2sccc2-c2nc3ccccc3s2)cc1. The van der Waals surface area contributed by atoms with Crippen molar-refractivity contribution in [3.63, 3.8) is 0 Å². The number of nitrogens with zero attached hydrogens (tertiary/aromatic N) is 1.